The van der Waals surface area contributed by atoms with Crippen molar-refractivity contribution >= 4 is 5.82 Å². The Morgan fingerprint density at radius 1 is 1.33 bits per heavy atom. The highest BCUT2D eigenvalue weighted by atomic mass is 16.5. The van der Waals surface area contributed by atoms with Crippen LogP contribution in [0.2, 0.25) is 0 Å². The SMILES string of the molecule is COCc1cc(N2CCNCC2)nc(C2CC2)n1. The van der Waals surface area contributed by atoms with Crippen LogP contribution < -0.4 is 10.2 Å². The molecule has 1 aromatic heterocycles. The van der Waals surface area contributed by atoms with Crippen LogP contribution in [-0.2, 0) is 11.3 Å². The van der Waals surface area contributed by atoms with Crippen molar-refractivity contribution in [1.82, 2.24) is 15.3 Å². The van der Waals surface area contributed by atoms with Crippen molar-refractivity contribution in [3.8, 4) is 0 Å². The molecule has 0 atom stereocenters. The topological polar surface area (TPSA) is 50.3 Å². The van der Waals surface area contributed by atoms with Crippen molar-refractivity contribution in [3.05, 3.63) is 17.6 Å². The number of anilines is 1. The van der Waals surface area contributed by atoms with Gasteiger partial charge in [-0.2, -0.15) is 0 Å². The summed E-state index contributed by atoms with van der Waals surface area (Å²) in [5, 5.41) is 3.36. The van der Waals surface area contributed by atoms with Gasteiger partial charge in [0.25, 0.3) is 0 Å². The van der Waals surface area contributed by atoms with Gasteiger partial charge >= 0.3 is 0 Å². The molecule has 18 heavy (non-hydrogen) atoms. The van der Waals surface area contributed by atoms with Crippen LogP contribution in [0.4, 0.5) is 5.82 Å². The van der Waals surface area contributed by atoms with Crippen LogP contribution in [0.15, 0.2) is 6.07 Å². The number of piperazine rings is 1. The Hall–Kier alpha value is -1.20. The number of ether oxygens (including phenoxy) is 1. The first-order valence-electron chi connectivity index (χ1n) is 6.69. The van der Waals surface area contributed by atoms with Crippen LogP contribution in [0.25, 0.3) is 0 Å². The normalized spacial score (nSPS) is 20.2. The Bertz CT molecular complexity index is 413. The van der Waals surface area contributed by atoms with E-state index in [1.165, 1.54) is 12.8 Å². The molecule has 98 valence electrons. The van der Waals surface area contributed by atoms with Gasteiger partial charge in [-0.15, -0.1) is 0 Å². The predicted molar refractivity (Wildman–Crippen MR) is 69.8 cm³/mol. The Kier molecular flexibility index (Phi) is 3.43. The van der Waals surface area contributed by atoms with Gasteiger partial charge in [-0.3, -0.25) is 0 Å². The lowest BCUT2D eigenvalue weighted by Gasteiger charge is -2.28. The Morgan fingerprint density at radius 2 is 2.11 bits per heavy atom. The fraction of sp³-hybridized carbons (Fsp3) is 0.692. The highest BCUT2D eigenvalue weighted by Crippen LogP contribution is 2.38. The largest absolute Gasteiger partial charge is 0.378 e. The monoisotopic (exact) mass is 248 g/mol. The van der Waals surface area contributed by atoms with Crippen LogP contribution in [-0.4, -0.2) is 43.3 Å². The van der Waals surface area contributed by atoms with Gasteiger partial charge in [0.1, 0.15) is 11.6 Å². The zero-order chi connectivity index (χ0) is 12.4. The molecule has 5 nitrogen and oxygen atoms in total. The van der Waals surface area contributed by atoms with Crippen LogP contribution in [0.5, 0.6) is 0 Å². The molecular formula is C13H20N4O. The van der Waals surface area contributed by atoms with E-state index in [9.17, 15) is 0 Å². The highest BCUT2D eigenvalue weighted by molar-refractivity contribution is 5.41. The minimum atomic E-state index is 0.571. The van der Waals surface area contributed by atoms with E-state index in [0.717, 1.165) is 43.5 Å². The van der Waals surface area contributed by atoms with E-state index < -0.39 is 0 Å². The summed E-state index contributed by atoms with van der Waals surface area (Å²) in [5.74, 6) is 2.67. The van der Waals surface area contributed by atoms with Gasteiger partial charge in [0.05, 0.1) is 12.3 Å². The second-order valence-corrected chi connectivity index (χ2v) is 5.02. The van der Waals surface area contributed by atoms with E-state index >= 15 is 0 Å². The summed E-state index contributed by atoms with van der Waals surface area (Å²) in [4.78, 5) is 11.7. The minimum Gasteiger partial charge on any atom is -0.378 e. The zero-order valence-electron chi connectivity index (χ0n) is 10.9. The molecule has 0 bridgehead atoms. The third-order valence-corrected chi connectivity index (χ3v) is 3.46. The summed E-state index contributed by atoms with van der Waals surface area (Å²) in [5.41, 5.74) is 1.00. The second-order valence-electron chi connectivity index (χ2n) is 5.02. The highest BCUT2D eigenvalue weighted by Gasteiger charge is 2.28. The molecular weight excluding hydrogens is 228 g/mol. The maximum Gasteiger partial charge on any atom is 0.134 e. The lowest BCUT2D eigenvalue weighted by Crippen LogP contribution is -2.44. The molecule has 0 radical (unpaired) electrons. The number of methoxy groups -OCH3 is 1. The summed E-state index contributed by atoms with van der Waals surface area (Å²) < 4.78 is 5.20. The summed E-state index contributed by atoms with van der Waals surface area (Å²) in [6, 6.07) is 2.07. The molecule has 1 N–H and O–H groups in total. The van der Waals surface area contributed by atoms with Crippen molar-refractivity contribution in [3.63, 3.8) is 0 Å². The van der Waals surface area contributed by atoms with Gasteiger partial charge in [0.2, 0.25) is 0 Å². The Labute approximate surface area is 108 Å². The molecule has 1 aliphatic heterocycles. The van der Waals surface area contributed by atoms with Gasteiger partial charge in [-0.25, -0.2) is 9.97 Å². The summed E-state index contributed by atoms with van der Waals surface area (Å²) in [7, 11) is 1.71. The summed E-state index contributed by atoms with van der Waals surface area (Å²) in [6.07, 6.45) is 2.47. The van der Waals surface area contributed by atoms with Crippen LogP contribution in [0.3, 0.4) is 0 Å². The third-order valence-electron chi connectivity index (χ3n) is 3.46. The molecule has 5 heteroatoms. The molecule has 3 rings (SSSR count). The fourth-order valence-electron chi connectivity index (χ4n) is 2.30. The van der Waals surface area contributed by atoms with Gasteiger partial charge in [-0.05, 0) is 12.8 Å². The van der Waals surface area contributed by atoms with E-state index in [0.29, 0.717) is 12.5 Å². The Morgan fingerprint density at radius 3 is 2.78 bits per heavy atom. The van der Waals surface area contributed by atoms with Crippen LogP contribution in [0, 0.1) is 0 Å². The van der Waals surface area contributed by atoms with Gasteiger partial charge in [-0.1, -0.05) is 0 Å². The van der Waals surface area contributed by atoms with E-state index in [-0.39, 0.29) is 0 Å². The molecule has 1 aliphatic carbocycles. The number of rotatable bonds is 4. The lowest BCUT2D eigenvalue weighted by molar-refractivity contribution is 0.181. The van der Waals surface area contributed by atoms with E-state index in [2.05, 4.69) is 21.3 Å². The number of hydrogen-bond donors (Lipinski definition) is 1. The van der Waals surface area contributed by atoms with E-state index in [4.69, 9.17) is 9.72 Å². The van der Waals surface area contributed by atoms with Crippen molar-refractivity contribution in [1.29, 1.82) is 0 Å². The quantitative estimate of drug-likeness (QED) is 0.858. The average Bonchev–Trinajstić information content (AvgIpc) is 3.24. The first-order chi connectivity index (χ1) is 8.86. The average molecular weight is 248 g/mol. The fourth-order valence-corrected chi connectivity index (χ4v) is 2.30. The van der Waals surface area contributed by atoms with Crippen molar-refractivity contribution in [2.45, 2.75) is 25.4 Å². The molecule has 1 saturated heterocycles. The molecule has 0 amide bonds. The first kappa shape index (κ1) is 11.9. The molecule has 0 aromatic carbocycles. The number of nitrogens with zero attached hydrogens (tertiary/aromatic N) is 3. The van der Waals surface area contributed by atoms with Crippen LogP contribution >= 0.6 is 0 Å². The van der Waals surface area contributed by atoms with Gasteiger partial charge < -0.3 is 15.0 Å². The molecule has 1 saturated carbocycles. The van der Waals surface area contributed by atoms with Crippen molar-refractivity contribution in [2.24, 2.45) is 0 Å². The number of hydrogen-bond acceptors (Lipinski definition) is 5. The molecule has 2 fully saturated rings. The first-order valence-corrected chi connectivity index (χ1v) is 6.69. The van der Waals surface area contributed by atoms with Crippen molar-refractivity contribution < 1.29 is 4.74 Å². The summed E-state index contributed by atoms with van der Waals surface area (Å²) >= 11 is 0. The maximum absolute atomic E-state index is 5.20. The maximum atomic E-state index is 5.20. The van der Waals surface area contributed by atoms with Gasteiger partial charge in [0, 0.05) is 45.3 Å². The zero-order valence-corrected chi connectivity index (χ0v) is 10.9. The van der Waals surface area contributed by atoms with Crippen LogP contribution in [0.1, 0.15) is 30.3 Å². The van der Waals surface area contributed by atoms with Crippen molar-refractivity contribution in [2.75, 3.05) is 38.2 Å². The third kappa shape index (κ3) is 2.62. The molecule has 0 unspecified atom stereocenters. The molecule has 2 aliphatic rings. The second kappa shape index (κ2) is 5.20. The standard InChI is InChI=1S/C13H20N4O/c1-18-9-11-8-12(17-6-4-14-5-7-17)16-13(15-11)10-2-3-10/h8,10,14H,2-7,9H2,1H3. The molecule has 0 spiro atoms. The lowest BCUT2D eigenvalue weighted by atomic mass is 10.3. The Balaban J connectivity index is 1.86. The van der Waals surface area contributed by atoms with Gasteiger partial charge in [0.15, 0.2) is 0 Å². The van der Waals surface area contributed by atoms with E-state index in [1.807, 2.05) is 0 Å². The smallest absolute Gasteiger partial charge is 0.134 e. The minimum absolute atomic E-state index is 0.571. The summed E-state index contributed by atoms with van der Waals surface area (Å²) in [6.45, 7) is 4.67. The predicted octanol–water partition coefficient (Wildman–Crippen LogP) is 0.910. The molecule has 2 heterocycles. The molecule has 1 aromatic rings. The number of aromatic nitrogens is 2. The van der Waals surface area contributed by atoms with E-state index in [1.54, 1.807) is 7.11 Å². The number of nitrogens with one attached hydrogen (secondary N) is 1.